The van der Waals surface area contributed by atoms with Gasteiger partial charge in [-0.2, -0.15) is 0 Å². The first kappa shape index (κ1) is 29.7. The quantitative estimate of drug-likeness (QED) is 0.178. The maximum atomic E-state index is 13.6. The Hall–Kier alpha value is -4.23. The molecule has 0 unspecified atom stereocenters. The zero-order valence-electron chi connectivity index (χ0n) is 23.9. The SMILES string of the molecule is CCOC(=O)Cc1ccc(Sc2cccc(N(CCCc3ccccc3)C(=O)Nc3ccc(N(C)C)cc3)c2)cc1. The Labute approximate surface area is 247 Å². The standard InChI is InChI=1S/C34H37N3O3S/c1-4-40-33(38)24-27-15-21-31(22-16-27)41-32-14-8-13-30(25-32)37(23-9-12-26-10-6-5-7-11-26)34(39)35-28-17-19-29(20-18-28)36(2)3/h5-8,10-11,13-22,25H,4,9,12,23-24H2,1-3H3,(H,35,39). The molecule has 0 aromatic heterocycles. The van der Waals surface area contributed by atoms with Gasteiger partial charge in [-0.3, -0.25) is 9.69 Å². The molecule has 0 bridgehead atoms. The van der Waals surface area contributed by atoms with Gasteiger partial charge >= 0.3 is 12.0 Å². The summed E-state index contributed by atoms with van der Waals surface area (Å²) in [4.78, 5) is 31.3. The zero-order chi connectivity index (χ0) is 29.0. The van der Waals surface area contributed by atoms with Crippen molar-refractivity contribution in [3.05, 3.63) is 114 Å². The van der Waals surface area contributed by atoms with Crippen LogP contribution >= 0.6 is 11.8 Å². The molecule has 4 aromatic carbocycles. The molecule has 6 nitrogen and oxygen atoms in total. The fourth-order valence-electron chi connectivity index (χ4n) is 4.37. The van der Waals surface area contributed by atoms with Gasteiger partial charge in [0.15, 0.2) is 0 Å². The number of nitrogens with zero attached hydrogens (tertiary/aromatic N) is 2. The van der Waals surface area contributed by atoms with Gasteiger partial charge in [-0.1, -0.05) is 60.3 Å². The molecule has 0 aliphatic heterocycles. The maximum Gasteiger partial charge on any atom is 0.326 e. The highest BCUT2D eigenvalue weighted by molar-refractivity contribution is 7.99. The van der Waals surface area contributed by atoms with Crippen LogP contribution < -0.4 is 15.1 Å². The van der Waals surface area contributed by atoms with Gasteiger partial charge in [0, 0.05) is 47.5 Å². The van der Waals surface area contributed by atoms with E-state index < -0.39 is 0 Å². The lowest BCUT2D eigenvalue weighted by Gasteiger charge is -2.24. The van der Waals surface area contributed by atoms with Crippen LogP contribution in [0.4, 0.5) is 21.9 Å². The molecule has 41 heavy (non-hydrogen) atoms. The third-order valence-electron chi connectivity index (χ3n) is 6.51. The summed E-state index contributed by atoms with van der Waals surface area (Å²) in [6.07, 6.45) is 1.98. The van der Waals surface area contributed by atoms with E-state index >= 15 is 0 Å². The highest BCUT2D eigenvalue weighted by atomic mass is 32.2. The number of hydrogen-bond acceptors (Lipinski definition) is 5. The third-order valence-corrected chi connectivity index (χ3v) is 7.51. The Kier molecular flexibility index (Phi) is 10.9. The van der Waals surface area contributed by atoms with Gasteiger partial charge < -0.3 is 15.0 Å². The lowest BCUT2D eigenvalue weighted by Crippen LogP contribution is -2.36. The van der Waals surface area contributed by atoms with Gasteiger partial charge in [0.1, 0.15) is 0 Å². The van der Waals surface area contributed by atoms with Gasteiger partial charge in [-0.25, -0.2) is 4.79 Å². The predicted molar refractivity (Wildman–Crippen MR) is 169 cm³/mol. The van der Waals surface area contributed by atoms with Gasteiger partial charge in [0.2, 0.25) is 0 Å². The summed E-state index contributed by atoms with van der Waals surface area (Å²) in [7, 11) is 3.98. The number of amides is 2. The second kappa shape index (κ2) is 15.0. The zero-order valence-corrected chi connectivity index (χ0v) is 24.7. The van der Waals surface area contributed by atoms with E-state index in [1.54, 1.807) is 11.8 Å². The van der Waals surface area contributed by atoms with E-state index in [9.17, 15) is 9.59 Å². The fourth-order valence-corrected chi connectivity index (χ4v) is 5.24. The summed E-state index contributed by atoms with van der Waals surface area (Å²) < 4.78 is 5.05. The number of anilines is 3. The number of urea groups is 1. The van der Waals surface area contributed by atoms with Crippen molar-refractivity contribution in [3.8, 4) is 0 Å². The average Bonchev–Trinajstić information content (AvgIpc) is 2.97. The molecule has 0 aliphatic carbocycles. The molecule has 0 spiro atoms. The topological polar surface area (TPSA) is 61.9 Å². The number of carbonyl (C=O) groups excluding carboxylic acids is 2. The first-order chi connectivity index (χ1) is 19.9. The highest BCUT2D eigenvalue weighted by Gasteiger charge is 2.17. The number of esters is 1. The van der Waals surface area contributed by atoms with E-state index in [2.05, 4.69) is 23.5 Å². The predicted octanol–water partition coefficient (Wildman–Crippen LogP) is 7.68. The van der Waals surface area contributed by atoms with E-state index in [1.165, 1.54) is 5.56 Å². The second-order valence-electron chi connectivity index (χ2n) is 9.84. The van der Waals surface area contributed by atoms with Crippen LogP contribution in [0.15, 0.2) is 113 Å². The summed E-state index contributed by atoms with van der Waals surface area (Å²) in [5, 5.41) is 3.08. The Morgan fingerprint density at radius 2 is 1.51 bits per heavy atom. The number of nitrogens with one attached hydrogen (secondary N) is 1. The summed E-state index contributed by atoms with van der Waals surface area (Å²) in [6.45, 7) is 2.77. The first-order valence-corrected chi connectivity index (χ1v) is 14.6. The molecule has 0 saturated carbocycles. The molecular formula is C34H37N3O3S. The van der Waals surface area contributed by atoms with Crippen LogP contribution in [0.1, 0.15) is 24.5 Å². The Morgan fingerprint density at radius 1 is 0.780 bits per heavy atom. The van der Waals surface area contributed by atoms with Crippen molar-refractivity contribution in [3.63, 3.8) is 0 Å². The minimum Gasteiger partial charge on any atom is -0.466 e. The number of ether oxygens (including phenoxy) is 1. The summed E-state index contributed by atoms with van der Waals surface area (Å²) >= 11 is 1.62. The van der Waals surface area contributed by atoms with Crippen LogP contribution in [-0.2, 0) is 22.4 Å². The summed E-state index contributed by atoms with van der Waals surface area (Å²) in [5.74, 6) is -0.222. The van der Waals surface area contributed by atoms with Crippen LogP contribution in [-0.4, -0.2) is 39.2 Å². The number of carbonyl (C=O) groups is 2. The van der Waals surface area contributed by atoms with Crippen molar-refractivity contribution in [2.75, 3.05) is 42.4 Å². The monoisotopic (exact) mass is 567 g/mol. The minimum atomic E-state index is -0.222. The lowest BCUT2D eigenvalue weighted by atomic mass is 10.1. The lowest BCUT2D eigenvalue weighted by molar-refractivity contribution is -0.142. The normalized spacial score (nSPS) is 10.6. The van der Waals surface area contributed by atoms with Crippen molar-refractivity contribution < 1.29 is 14.3 Å². The molecule has 2 amide bonds. The van der Waals surface area contributed by atoms with Crippen LogP contribution in [0.5, 0.6) is 0 Å². The van der Waals surface area contributed by atoms with Crippen molar-refractivity contribution in [1.29, 1.82) is 0 Å². The van der Waals surface area contributed by atoms with Crippen LogP contribution in [0, 0.1) is 0 Å². The average molecular weight is 568 g/mol. The van der Waals surface area contributed by atoms with Gasteiger partial charge in [-0.05, 0) is 85.5 Å². The number of hydrogen-bond donors (Lipinski definition) is 1. The molecule has 0 fully saturated rings. The maximum absolute atomic E-state index is 13.6. The van der Waals surface area contributed by atoms with Crippen molar-refractivity contribution in [2.45, 2.75) is 36.0 Å². The molecule has 212 valence electrons. The fraction of sp³-hybridized carbons (Fsp3) is 0.235. The Balaban J connectivity index is 1.48. The van der Waals surface area contributed by atoms with Gasteiger partial charge in [-0.15, -0.1) is 0 Å². The molecule has 0 heterocycles. The third kappa shape index (κ3) is 9.15. The van der Waals surface area contributed by atoms with E-state index in [0.29, 0.717) is 13.2 Å². The van der Waals surface area contributed by atoms with Crippen LogP contribution in [0.25, 0.3) is 0 Å². The Morgan fingerprint density at radius 3 is 2.20 bits per heavy atom. The second-order valence-corrected chi connectivity index (χ2v) is 11.0. The summed E-state index contributed by atoms with van der Waals surface area (Å²) in [5.41, 5.74) is 4.83. The van der Waals surface area contributed by atoms with Gasteiger partial charge in [0.05, 0.1) is 13.0 Å². The molecule has 0 atom stereocenters. The van der Waals surface area contributed by atoms with E-state index in [0.717, 1.165) is 45.3 Å². The molecule has 0 aliphatic rings. The van der Waals surface area contributed by atoms with Crippen molar-refractivity contribution in [2.24, 2.45) is 0 Å². The number of aryl methyl sites for hydroxylation is 1. The number of benzene rings is 4. The number of rotatable bonds is 12. The molecular weight excluding hydrogens is 530 g/mol. The molecule has 7 heteroatoms. The van der Waals surface area contributed by atoms with Crippen LogP contribution in [0.3, 0.4) is 0 Å². The molecule has 1 N–H and O–H groups in total. The van der Waals surface area contributed by atoms with E-state index in [4.69, 9.17) is 4.74 Å². The van der Waals surface area contributed by atoms with Crippen molar-refractivity contribution in [1.82, 2.24) is 0 Å². The first-order valence-electron chi connectivity index (χ1n) is 13.8. The largest absolute Gasteiger partial charge is 0.466 e. The van der Waals surface area contributed by atoms with E-state index in [1.807, 2.05) is 116 Å². The Bertz CT molecular complexity index is 1410. The summed E-state index contributed by atoms with van der Waals surface area (Å²) in [6, 6.07) is 34.0. The molecule has 4 rings (SSSR count). The van der Waals surface area contributed by atoms with Gasteiger partial charge in [0.25, 0.3) is 0 Å². The van der Waals surface area contributed by atoms with Crippen LogP contribution in [0.2, 0.25) is 0 Å². The molecule has 0 saturated heterocycles. The smallest absolute Gasteiger partial charge is 0.326 e. The van der Waals surface area contributed by atoms with Crippen molar-refractivity contribution >= 4 is 40.8 Å². The van der Waals surface area contributed by atoms with E-state index in [-0.39, 0.29) is 18.4 Å². The molecule has 0 radical (unpaired) electrons. The highest BCUT2D eigenvalue weighted by Crippen LogP contribution is 2.31. The molecule has 4 aromatic rings. The minimum absolute atomic E-state index is 0.166.